The Hall–Kier alpha value is -0.880. The second-order valence-electron chi connectivity index (χ2n) is 3.38. The molecule has 0 amide bonds. The largest absolute Gasteiger partial charge is 0.371 e. The highest BCUT2D eigenvalue weighted by atomic mass is 79.9. The van der Waals surface area contributed by atoms with Crippen LogP contribution in [0.1, 0.15) is 5.69 Å². The van der Waals surface area contributed by atoms with Crippen LogP contribution in [0.4, 0.5) is 5.00 Å². The Balaban J connectivity index is 2.18. The molecule has 2 rings (SSSR count). The van der Waals surface area contributed by atoms with Crippen LogP contribution in [-0.4, -0.2) is 28.7 Å². The molecule has 0 spiro atoms. The van der Waals surface area contributed by atoms with E-state index in [1.807, 2.05) is 26.2 Å². The Labute approximate surface area is 101 Å². The SMILES string of the molecule is Cc1cc(N=C2CN(C)C=C(Br)N2)sn1. The van der Waals surface area contributed by atoms with Gasteiger partial charge in [0.15, 0.2) is 0 Å². The summed E-state index contributed by atoms with van der Waals surface area (Å²) in [7, 11) is 2.01. The number of halogens is 1. The monoisotopic (exact) mass is 286 g/mol. The third kappa shape index (κ3) is 2.79. The van der Waals surface area contributed by atoms with Crippen LogP contribution < -0.4 is 5.32 Å². The fourth-order valence-electron chi connectivity index (χ4n) is 1.28. The van der Waals surface area contributed by atoms with Crippen molar-refractivity contribution >= 4 is 38.3 Å². The average molecular weight is 287 g/mol. The van der Waals surface area contributed by atoms with E-state index in [9.17, 15) is 0 Å². The van der Waals surface area contributed by atoms with Crippen molar-refractivity contribution in [1.82, 2.24) is 14.6 Å². The van der Waals surface area contributed by atoms with Gasteiger partial charge < -0.3 is 10.2 Å². The number of aryl methyl sites for hydroxylation is 1. The summed E-state index contributed by atoms with van der Waals surface area (Å²) in [5.41, 5.74) is 1.01. The van der Waals surface area contributed by atoms with Gasteiger partial charge >= 0.3 is 0 Å². The molecule has 15 heavy (non-hydrogen) atoms. The third-order valence-electron chi connectivity index (χ3n) is 1.86. The smallest absolute Gasteiger partial charge is 0.138 e. The van der Waals surface area contributed by atoms with E-state index in [-0.39, 0.29) is 0 Å². The van der Waals surface area contributed by atoms with Crippen LogP contribution in [0.3, 0.4) is 0 Å². The number of nitrogens with one attached hydrogen (secondary N) is 1. The fraction of sp³-hybridized carbons (Fsp3) is 0.333. The molecule has 1 aliphatic rings. The Bertz CT molecular complexity index is 424. The first kappa shape index (κ1) is 10.6. The lowest BCUT2D eigenvalue weighted by molar-refractivity contribution is 0.505. The maximum absolute atomic E-state index is 4.49. The average Bonchev–Trinajstić information content (AvgIpc) is 2.49. The van der Waals surface area contributed by atoms with Gasteiger partial charge in [-0.3, -0.25) is 0 Å². The summed E-state index contributed by atoms with van der Waals surface area (Å²) in [6.45, 7) is 2.75. The molecule has 0 aromatic carbocycles. The molecule has 1 aromatic heterocycles. The van der Waals surface area contributed by atoms with Crippen molar-refractivity contribution in [1.29, 1.82) is 0 Å². The first-order valence-electron chi connectivity index (χ1n) is 4.49. The van der Waals surface area contributed by atoms with Gasteiger partial charge in [-0.25, -0.2) is 4.99 Å². The number of rotatable bonds is 1. The summed E-state index contributed by atoms with van der Waals surface area (Å²) < 4.78 is 5.11. The van der Waals surface area contributed by atoms with E-state index >= 15 is 0 Å². The van der Waals surface area contributed by atoms with Crippen LogP contribution in [0, 0.1) is 6.92 Å². The van der Waals surface area contributed by atoms with Crippen LogP contribution in [0.15, 0.2) is 21.9 Å². The Morgan fingerprint density at radius 3 is 3.07 bits per heavy atom. The van der Waals surface area contributed by atoms with Crippen molar-refractivity contribution in [2.75, 3.05) is 13.6 Å². The Morgan fingerprint density at radius 1 is 1.67 bits per heavy atom. The lowest BCUT2D eigenvalue weighted by Gasteiger charge is -2.22. The molecule has 0 fully saturated rings. The summed E-state index contributed by atoms with van der Waals surface area (Å²) >= 11 is 4.82. The molecule has 0 saturated heterocycles. The normalized spacial score (nSPS) is 19.0. The van der Waals surface area contributed by atoms with E-state index in [4.69, 9.17) is 0 Å². The summed E-state index contributed by atoms with van der Waals surface area (Å²) in [6.07, 6.45) is 1.98. The second-order valence-corrected chi connectivity index (χ2v) is 5.02. The quantitative estimate of drug-likeness (QED) is 0.805. The van der Waals surface area contributed by atoms with E-state index < -0.39 is 0 Å². The Morgan fingerprint density at radius 2 is 2.47 bits per heavy atom. The van der Waals surface area contributed by atoms with E-state index in [2.05, 4.69) is 35.5 Å². The minimum absolute atomic E-state index is 0.784. The number of amidine groups is 1. The van der Waals surface area contributed by atoms with Gasteiger partial charge in [0.25, 0.3) is 0 Å². The molecule has 0 unspecified atom stereocenters. The lowest BCUT2D eigenvalue weighted by Crippen LogP contribution is -2.36. The van der Waals surface area contributed by atoms with Gasteiger partial charge in [-0.1, -0.05) is 0 Å². The number of hydrogen-bond donors (Lipinski definition) is 1. The molecule has 0 radical (unpaired) electrons. The van der Waals surface area contributed by atoms with Crippen molar-refractivity contribution in [2.24, 2.45) is 4.99 Å². The topological polar surface area (TPSA) is 40.5 Å². The predicted molar refractivity (Wildman–Crippen MR) is 66.7 cm³/mol. The zero-order valence-electron chi connectivity index (χ0n) is 8.49. The first-order chi connectivity index (χ1) is 7.13. The number of hydrogen-bond acceptors (Lipinski definition) is 4. The summed E-state index contributed by atoms with van der Waals surface area (Å²) in [6, 6.07) is 1.98. The highest BCUT2D eigenvalue weighted by molar-refractivity contribution is 9.11. The van der Waals surface area contributed by atoms with E-state index in [1.54, 1.807) is 0 Å². The predicted octanol–water partition coefficient (Wildman–Crippen LogP) is 2.21. The van der Waals surface area contributed by atoms with Gasteiger partial charge in [-0.2, -0.15) is 4.37 Å². The van der Waals surface area contributed by atoms with Crippen LogP contribution in [0.2, 0.25) is 0 Å². The molecular weight excluding hydrogens is 276 g/mol. The van der Waals surface area contributed by atoms with Gasteiger partial charge in [0.2, 0.25) is 0 Å². The summed E-state index contributed by atoms with van der Waals surface area (Å²) in [5, 5.41) is 4.11. The van der Waals surface area contributed by atoms with Crippen LogP contribution >= 0.6 is 27.5 Å². The van der Waals surface area contributed by atoms with Gasteiger partial charge in [-0.05, 0) is 40.5 Å². The van der Waals surface area contributed by atoms with Gasteiger partial charge in [0.05, 0.1) is 16.8 Å². The number of likely N-dealkylation sites (N-methyl/N-ethyl adjacent to an activating group) is 1. The molecule has 0 aliphatic carbocycles. The van der Waals surface area contributed by atoms with E-state index in [0.717, 1.165) is 27.7 Å². The minimum Gasteiger partial charge on any atom is -0.371 e. The van der Waals surface area contributed by atoms with Gasteiger partial charge in [-0.15, -0.1) is 0 Å². The molecule has 0 saturated carbocycles. The maximum atomic E-state index is 4.49. The van der Waals surface area contributed by atoms with Crippen molar-refractivity contribution in [2.45, 2.75) is 6.92 Å². The Kier molecular flexibility index (Phi) is 3.06. The molecule has 0 bridgehead atoms. The molecule has 0 atom stereocenters. The van der Waals surface area contributed by atoms with Crippen LogP contribution in [-0.2, 0) is 0 Å². The molecular formula is C9H11BrN4S. The van der Waals surface area contributed by atoms with Crippen molar-refractivity contribution < 1.29 is 0 Å². The second kappa shape index (κ2) is 4.32. The van der Waals surface area contributed by atoms with E-state index in [1.165, 1.54) is 11.5 Å². The zero-order valence-corrected chi connectivity index (χ0v) is 10.9. The third-order valence-corrected chi connectivity index (χ3v) is 3.04. The van der Waals surface area contributed by atoms with Crippen molar-refractivity contribution in [3.05, 3.63) is 22.6 Å². The molecule has 6 heteroatoms. The standard InChI is InChI=1S/C9H11BrN4S/c1-6-3-9(15-13-6)12-8-5-14(2)4-7(10)11-8/h3-4H,5H2,1-2H3,(H,11,12). The van der Waals surface area contributed by atoms with Crippen LogP contribution in [0.25, 0.3) is 0 Å². The minimum atomic E-state index is 0.784. The molecule has 2 heterocycles. The number of aliphatic imine (C=N–C) groups is 1. The maximum Gasteiger partial charge on any atom is 0.138 e. The van der Waals surface area contributed by atoms with Gasteiger partial charge in [0, 0.05) is 13.2 Å². The van der Waals surface area contributed by atoms with Crippen LogP contribution in [0.5, 0.6) is 0 Å². The fourth-order valence-corrected chi connectivity index (χ4v) is 2.53. The molecule has 1 aromatic rings. The highest BCUT2D eigenvalue weighted by Gasteiger charge is 2.10. The highest BCUT2D eigenvalue weighted by Crippen LogP contribution is 2.20. The summed E-state index contributed by atoms with van der Waals surface area (Å²) in [4.78, 5) is 6.55. The zero-order chi connectivity index (χ0) is 10.8. The molecule has 1 aliphatic heterocycles. The summed E-state index contributed by atoms with van der Waals surface area (Å²) in [5.74, 6) is 0.926. The molecule has 4 nitrogen and oxygen atoms in total. The molecule has 80 valence electrons. The van der Waals surface area contributed by atoms with E-state index in [0.29, 0.717) is 0 Å². The van der Waals surface area contributed by atoms with Crippen molar-refractivity contribution in [3.63, 3.8) is 0 Å². The first-order valence-corrected chi connectivity index (χ1v) is 6.05. The molecule has 1 N–H and O–H groups in total. The number of aromatic nitrogens is 1. The number of nitrogens with zero attached hydrogens (tertiary/aromatic N) is 3. The van der Waals surface area contributed by atoms with Crippen molar-refractivity contribution in [3.8, 4) is 0 Å². The van der Waals surface area contributed by atoms with Gasteiger partial charge in [0.1, 0.15) is 10.8 Å². The lowest BCUT2D eigenvalue weighted by atomic mass is 10.4.